The molecule has 3 rings (SSSR count). The second-order valence-corrected chi connectivity index (χ2v) is 8.48. The van der Waals surface area contributed by atoms with Gasteiger partial charge >= 0.3 is 0 Å². The van der Waals surface area contributed by atoms with Crippen LogP contribution in [0.5, 0.6) is 0 Å². The molecule has 2 aromatic carbocycles. The summed E-state index contributed by atoms with van der Waals surface area (Å²) >= 11 is 13.1. The monoisotopic (exact) mass is 495 g/mol. The van der Waals surface area contributed by atoms with Crippen molar-refractivity contribution in [3.05, 3.63) is 69.7 Å². The van der Waals surface area contributed by atoms with Crippen molar-refractivity contribution < 1.29 is 14.0 Å². The minimum atomic E-state index is -0.599. The number of carbonyl (C=O) groups is 2. The van der Waals surface area contributed by atoms with Crippen molar-refractivity contribution in [3.8, 4) is 0 Å². The molecule has 1 aromatic heterocycles. The third kappa shape index (κ3) is 5.79. The Labute approximate surface area is 198 Å². The number of aromatic nitrogens is 3. The maximum absolute atomic E-state index is 13.9. The van der Waals surface area contributed by atoms with E-state index in [9.17, 15) is 14.0 Å². The van der Waals surface area contributed by atoms with E-state index in [0.29, 0.717) is 33.3 Å². The molecule has 0 aliphatic rings. The van der Waals surface area contributed by atoms with Gasteiger partial charge in [-0.05, 0) is 44.2 Å². The minimum Gasteiger partial charge on any atom is -0.342 e. The molecule has 0 saturated carbocycles. The third-order valence-corrected chi connectivity index (χ3v) is 6.16. The van der Waals surface area contributed by atoms with E-state index >= 15 is 0 Å². The Morgan fingerprint density at radius 1 is 1.16 bits per heavy atom. The zero-order chi connectivity index (χ0) is 23.3. The van der Waals surface area contributed by atoms with Crippen molar-refractivity contribution in [3.63, 3.8) is 0 Å². The number of amides is 2. The lowest BCUT2D eigenvalue weighted by molar-refractivity contribution is -0.113. The molecule has 3 aromatic rings. The molecule has 0 saturated heterocycles. The molecule has 0 aliphatic heterocycles. The standard InChI is InChI=1S/C21H20Cl2FN5O2S/c1-3-29-19(12(2)25-20(31)14-6-4-5-7-17(14)24)27-28-21(29)32-11-18(30)26-13-8-9-15(22)16(23)10-13/h4-10,12H,3,11H2,1-2H3,(H,25,31)(H,26,30). The van der Waals surface area contributed by atoms with Gasteiger partial charge in [0.15, 0.2) is 11.0 Å². The lowest BCUT2D eigenvalue weighted by Crippen LogP contribution is -2.29. The number of benzene rings is 2. The zero-order valence-corrected chi connectivity index (χ0v) is 19.6. The highest BCUT2D eigenvalue weighted by molar-refractivity contribution is 7.99. The fourth-order valence-electron chi connectivity index (χ4n) is 2.91. The molecule has 0 spiro atoms. The van der Waals surface area contributed by atoms with Crippen LogP contribution >= 0.6 is 35.0 Å². The number of anilines is 1. The van der Waals surface area contributed by atoms with Gasteiger partial charge < -0.3 is 15.2 Å². The number of hydrogen-bond donors (Lipinski definition) is 2. The molecule has 0 aliphatic carbocycles. The predicted octanol–water partition coefficient (Wildman–Crippen LogP) is 4.97. The van der Waals surface area contributed by atoms with Crippen molar-refractivity contribution in [2.45, 2.75) is 31.6 Å². The summed E-state index contributed by atoms with van der Waals surface area (Å²) in [5.41, 5.74) is 0.489. The first-order valence-electron chi connectivity index (χ1n) is 9.66. The summed E-state index contributed by atoms with van der Waals surface area (Å²) in [6, 6.07) is 10.1. The predicted molar refractivity (Wildman–Crippen MR) is 124 cm³/mol. The third-order valence-electron chi connectivity index (χ3n) is 4.45. The van der Waals surface area contributed by atoms with Crippen molar-refractivity contribution in [2.75, 3.05) is 11.1 Å². The number of nitrogens with zero attached hydrogens (tertiary/aromatic N) is 3. The van der Waals surface area contributed by atoms with Crippen LogP contribution in [0.2, 0.25) is 10.0 Å². The first kappa shape index (κ1) is 24.0. The van der Waals surface area contributed by atoms with E-state index in [-0.39, 0.29) is 17.2 Å². The molecule has 0 radical (unpaired) electrons. The van der Waals surface area contributed by atoms with Gasteiger partial charge in [0, 0.05) is 12.2 Å². The fourth-order valence-corrected chi connectivity index (χ4v) is 4.02. The number of nitrogens with one attached hydrogen (secondary N) is 2. The second kappa shape index (κ2) is 10.8. The maximum Gasteiger partial charge on any atom is 0.254 e. The smallest absolute Gasteiger partial charge is 0.254 e. The molecule has 1 unspecified atom stereocenters. The largest absolute Gasteiger partial charge is 0.342 e. The molecule has 1 heterocycles. The Balaban J connectivity index is 1.63. The van der Waals surface area contributed by atoms with Gasteiger partial charge in [0.05, 0.1) is 27.4 Å². The van der Waals surface area contributed by atoms with Gasteiger partial charge in [-0.2, -0.15) is 0 Å². The van der Waals surface area contributed by atoms with Crippen LogP contribution in [0.4, 0.5) is 10.1 Å². The molecule has 32 heavy (non-hydrogen) atoms. The topological polar surface area (TPSA) is 88.9 Å². The van der Waals surface area contributed by atoms with E-state index in [2.05, 4.69) is 20.8 Å². The highest BCUT2D eigenvalue weighted by atomic mass is 35.5. The molecule has 1 atom stereocenters. The molecule has 0 bridgehead atoms. The molecular formula is C21H20Cl2FN5O2S. The van der Waals surface area contributed by atoms with Crippen molar-refractivity contribution in [2.24, 2.45) is 0 Å². The normalized spacial score (nSPS) is 11.8. The SMILES string of the molecule is CCn1c(SCC(=O)Nc2ccc(Cl)c(Cl)c2)nnc1C(C)NC(=O)c1ccccc1F. The van der Waals surface area contributed by atoms with Gasteiger partial charge in [0.1, 0.15) is 5.82 Å². The van der Waals surface area contributed by atoms with Crippen LogP contribution in [-0.2, 0) is 11.3 Å². The van der Waals surface area contributed by atoms with E-state index in [4.69, 9.17) is 23.2 Å². The Bertz CT molecular complexity index is 1140. The molecule has 2 amide bonds. The number of halogens is 3. The van der Waals surface area contributed by atoms with Crippen molar-refractivity contribution >= 4 is 52.5 Å². The summed E-state index contributed by atoms with van der Waals surface area (Å²) in [4.78, 5) is 24.7. The first-order chi connectivity index (χ1) is 15.3. The Hall–Kier alpha value is -2.62. The average molecular weight is 496 g/mol. The first-order valence-corrected chi connectivity index (χ1v) is 11.4. The van der Waals surface area contributed by atoms with Gasteiger partial charge in [0.2, 0.25) is 5.91 Å². The average Bonchev–Trinajstić information content (AvgIpc) is 3.18. The zero-order valence-electron chi connectivity index (χ0n) is 17.2. The van der Waals surface area contributed by atoms with Crippen LogP contribution in [0, 0.1) is 5.82 Å². The van der Waals surface area contributed by atoms with Crippen LogP contribution in [-0.4, -0.2) is 32.3 Å². The number of hydrogen-bond acceptors (Lipinski definition) is 5. The molecule has 168 valence electrons. The highest BCUT2D eigenvalue weighted by Gasteiger charge is 2.21. The lowest BCUT2D eigenvalue weighted by atomic mass is 10.2. The minimum absolute atomic E-state index is 0.0458. The van der Waals surface area contributed by atoms with Gasteiger partial charge in [0.25, 0.3) is 5.91 Å². The van der Waals surface area contributed by atoms with Crippen molar-refractivity contribution in [1.82, 2.24) is 20.1 Å². The van der Waals surface area contributed by atoms with Gasteiger partial charge in [-0.15, -0.1) is 10.2 Å². The Morgan fingerprint density at radius 3 is 2.59 bits per heavy atom. The summed E-state index contributed by atoms with van der Waals surface area (Å²) in [6.07, 6.45) is 0. The van der Waals surface area contributed by atoms with Crippen molar-refractivity contribution in [1.29, 1.82) is 0 Å². The Kier molecular flexibility index (Phi) is 8.11. The maximum atomic E-state index is 13.9. The van der Waals surface area contributed by atoms with E-state index in [1.54, 1.807) is 35.8 Å². The van der Waals surface area contributed by atoms with Crippen LogP contribution in [0.3, 0.4) is 0 Å². The van der Waals surface area contributed by atoms with Crippen LogP contribution in [0.1, 0.15) is 36.1 Å². The summed E-state index contributed by atoms with van der Waals surface area (Å²) in [6.45, 7) is 4.16. The van der Waals surface area contributed by atoms with E-state index < -0.39 is 17.8 Å². The van der Waals surface area contributed by atoms with Crippen LogP contribution in [0.25, 0.3) is 0 Å². The van der Waals surface area contributed by atoms with E-state index in [0.717, 1.165) is 0 Å². The fraction of sp³-hybridized carbons (Fsp3) is 0.238. The Morgan fingerprint density at radius 2 is 1.91 bits per heavy atom. The van der Waals surface area contributed by atoms with Crippen LogP contribution < -0.4 is 10.6 Å². The lowest BCUT2D eigenvalue weighted by Gasteiger charge is -2.15. The summed E-state index contributed by atoms with van der Waals surface area (Å²) < 4.78 is 15.7. The number of rotatable bonds is 8. The quantitative estimate of drug-likeness (QED) is 0.430. The van der Waals surface area contributed by atoms with Gasteiger partial charge in [-0.1, -0.05) is 47.1 Å². The second-order valence-electron chi connectivity index (χ2n) is 6.73. The summed E-state index contributed by atoms with van der Waals surface area (Å²) in [7, 11) is 0. The van der Waals surface area contributed by atoms with E-state index in [1.807, 2.05) is 6.92 Å². The van der Waals surface area contributed by atoms with E-state index in [1.165, 1.54) is 30.0 Å². The van der Waals surface area contributed by atoms with Crippen LogP contribution in [0.15, 0.2) is 47.6 Å². The molecule has 2 N–H and O–H groups in total. The highest BCUT2D eigenvalue weighted by Crippen LogP contribution is 2.26. The van der Waals surface area contributed by atoms with Gasteiger partial charge in [-0.3, -0.25) is 9.59 Å². The number of thioether (sulfide) groups is 1. The molecular weight excluding hydrogens is 476 g/mol. The summed E-state index contributed by atoms with van der Waals surface area (Å²) in [5.74, 6) is -0.796. The molecule has 11 heteroatoms. The number of carbonyl (C=O) groups excluding carboxylic acids is 2. The molecule has 7 nitrogen and oxygen atoms in total. The van der Waals surface area contributed by atoms with Gasteiger partial charge in [-0.25, -0.2) is 4.39 Å². The summed E-state index contributed by atoms with van der Waals surface area (Å²) in [5, 5.41) is 15.1. The molecule has 0 fully saturated rings.